The van der Waals surface area contributed by atoms with Crippen LogP contribution < -0.4 is 5.73 Å². The van der Waals surface area contributed by atoms with Crippen LogP contribution in [0.4, 0.5) is 0 Å². The van der Waals surface area contributed by atoms with Crippen LogP contribution in [0.25, 0.3) is 0 Å². The number of nitrogens with two attached hydrogens (primary N) is 1. The Labute approximate surface area is 124 Å². The molecule has 1 aliphatic carbocycles. The van der Waals surface area contributed by atoms with E-state index in [1.165, 1.54) is 24.0 Å². The van der Waals surface area contributed by atoms with Crippen LogP contribution in [0.3, 0.4) is 0 Å². The van der Waals surface area contributed by atoms with Gasteiger partial charge in [-0.1, -0.05) is 45.0 Å². The Morgan fingerprint density at radius 2 is 1.55 bits per heavy atom. The average Bonchev–Trinajstić information content (AvgIpc) is 2.38. The molecule has 0 aromatic heterocycles. The fourth-order valence-electron chi connectivity index (χ4n) is 3.22. The van der Waals surface area contributed by atoms with E-state index in [0.717, 1.165) is 12.8 Å². The first-order valence-corrected chi connectivity index (χ1v) is 7.79. The molecule has 0 bridgehead atoms. The van der Waals surface area contributed by atoms with Gasteiger partial charge < -0.3 is 10.6 Å². The molecule has 0 unspecified atom stereocenters. The molecule has 1 aromatic carbocycles. The Balaban J connectivity index is 2.12. The van der Waals surface area contributed by atoms with Crippen molar-refractivity contribution in [2.75, 3.05) is 14.1 Å². The maximum Gasteiger partial charge on any atom is 0.0410 e. The highest BCUT2D eigenvalue weighted by Crippen LogP contribution is 2.36. The largest absolute Gasteiger partial charge is 0.321 e. The Hall–Kier alpha value is -0.860. The average molecular weight is 274 g/mol. The van der Waals surface area contributed by atoms with Crippen molar-refractivity contribution < 1.29 is 0 Å². The van der Waals surface area contributed by atoms with Crippen LogP contribution in [-0.2, 0) is 11.0 Å². The van der Waals surface area contributed by atoms with Gasteiger partial charge in [-0.3, -0.25) is 0 Å². The maximum atomic E-state index is 6.68. The summed E-state index contributed by atoms with van der Waals surface area (Å²) in [6.45, 7) is 6.76. The predicted octanol–water partition coefficient (Wildman–Crippen LogP) is 3.64. The lowest BCUT2D eigenvalue weighted by molar-refractivity contribution is 0.173. The molecule has 20 heavy (non-hydrogen) atoms. The molecule has 0 atom stereocenters. The van der Waals surface area contributed by atoms with E-state index in [9.17, 15) is 0 Å². The minimum atomic E-state index is -0.122. The van der Waals surface area contributed by atoms with Gasteiger partial charge in [-0.25, -0.2) is 0 Å². The normalized spacial score (nSPS) is 27.9. The Bertz CT molecular complexity index is 431. The monoisotopic (exact) mass is 274 g/mol. The first-order valence-electron chi connectivity index (χ1n) is 7.79. The summed E-state index contributed by atoms with van der Waals surface area (Å²) in [5.74, 6) is 0. The highest BCUT2D eigenvalue weighted by molar-refractivity contribution is 5.32. The molecule has 0 saturated heterocycles. The van der Waals surface area contributed by atoms with Crippen molar-refractivity contribution >= 4 is 0 Å². The zero-order valence-corrected chi connectivity index (χ0v) is 13.7. The lowest BCUT2D eigenvalue weighted by atomic mass is 9.74. The lowest BCUT2D eigenvalue weighted by Gasteiger charge is -2.40. The molecule has 112 valence electrons. The van der Waals surface area contributed by atoms with E-state index in [4.69, 9.17) is 5.73 Å². The van der Waals surface area contributed by atoms with E-state index < -0.39 is 0 Å². The van der Waals surface area contributed by atoms with Crippen LogP contribution in [-0.4, -0.2) is 25.0 Å². The quantitative estimate of drug-likeness (QED) is 0.892. The van der Waals surface area contributed by atoms with Crippen molar-refractivity contribution in [3.05, 3.63) is 35.4 Å². The van der Waals surface area contributed by atoms with Crippen molar-refractivity contribution in [1.82, 2.24) is 4.90 Å². The van der Waals surface area contributed by atoms with Crippen LogP contribution in [0.5, 0.6) is 0 Å². The van der Waals surface area contributed by atoms with Gasteiger partial charge in [-0.05, 0) is 56.3 Å². The van der Waals surface area contributed by atoms with Gasteiger partial charge >= 0.3 is 0 Å². The number of nitrogens with zero attached hydrogens (tertiary/aromatic N) is 1. The molecule has 0 radical (unpaired) electrons. The molecule has 2 nitrogen and oxygen atoms in total. The van der Waals surface area contributed by atoms with Crippen molar-refractivity contribution in [2.24, 2.45) is 5.73 Å². The summed E-state index contributed by atoms with van der Waals surface area (Å²) in [7, 11) is 4.35. The van der Waals surface area contributed by atoms with Crippen LogP contribution in [0, 0.1) is 0 Å². The molecule has 0 heterocycles. The van der Waals surface area contributed by atoms with E-state index in [-0.39, 0.29) is 11.0 Å². The van der Waals surface area contributed by atoms with Crippen molar-refractivity contribution in [3.63, 3.8) is 0 Å². The van der Waals surface area contributed by atoms with Crippen molar-refractivity contribution in [3.8, 4) is 0 Å². The molecule has 2 rings (SSSR count). The summed E-state index contributed by atoms with van der Waals surface area (Å²) in [6.07, 6.45) is 4.57. The molecule has 2 N–H and O–H groups in total. The van der Waals surface area contributed by atoms with Gasteiger partial charge in [-0.2, -0.15) is 0 Å². The first-order chi connectivity index (χ1) is 9.22. The van der Waals surface area contributed by atoms with Gasteiger partial charge in [0.1, 0.15) is 0 Å². The van der Waals surface area contributed by atoms with Gasteiger partial charge in [0.15, 0.2) is 0 Å². The number of hydrogen-bond acceptors (Lipinski definition) is 2. The Kier molecular flexibility index (Phi) is 4.27. The van der Waals surface area contributed by atoms with Crippen LogP contribution in [0.15, 0.2) is 24.3 Å². The number of benzene rings is 1. The zero-order chi connectivity index (χ0) is 15.0. The van der Waals surface area contributed by atoms with Crippen molar-refractivity contribution in [1.29, 1.82) is 0 Å². The number of hydrogen-bond donors (Lipinski definition) is 1. The van der Waals surface area contributed by atoms with E-state index in [0.29, 0.717) is 6.04 Å². The molecule has 1 fully saturated rings. The zero-order valence-electron chi connectivity index (χ0n) is 13.7. The van der Waals surface area contributed by atoms with Crippen LogP contribution >= 0.6 is 0 Å². The third-order valence-electron chi connectivity index (χ3n) is 4.90. The molecule has 0 amide bonds. The fourth-order valence-corrected chi connectivity index (χ4v) is 3.22. The minimum Gasteiger partial charge on any atom is -0.321 e. The summed E-state index contributed by atoms with van der Waals surface area (Å²) >= 11 is 0. The minimum absolute atomic E-state index is 0.122. The summed E-state index contributed by atoms with van der Waals surface area (Å²) in [4.78, 5) is 2.34. The van der Waals surface area contributed by atoms with Crippen LogP contribution in [0.1, 0.15) is 57.6 Å². The molecule has 1 aromatic rings. The molecular weight excluding hydrogens is 244 g/mol. The summed E-state index contributed by atoms with van der Waals surface area (Å²) < 4.78 is 0. The third kappa shape index (κ3) is 3.24. The molecule has 1 saturated carbocycles. The molecular formula is C18H30N2. The smallest absolute Gasteiger partial charge is 0.0410 e. The lowest BCUT2D eigenvalue weighted by Crippen LogP contribution is -2.44. The van der Waals surface area contributed by atoms with Crippen molar-refractivity contribution in [2.45, 2.75) is 63.5 Å². The second-order valence-electron chi connectivity index (χ2n) is 7.68. The Morgan fingerprint density at radius 3 is 1.95 bits per heavy atom. The standard InChI is InChI=1S/C18H30N2/c1-17(2,3)14-6-8-15(9-7-14)18(19)12-10-16(11-13-18)20(4)5/h6-9,16H,10-13,19H2,1-5H3. The topological polar surface area (TPSA) is 29.3 Å². The molecule has 2 heteroatoms. The van der Waals surface area contributed by atoms with Crippen LogP contribution in [0.2, 0.25) is 0 Å². The maximum absolute atomic E-state index is 6.68. The molecule has 0 aliphatic heterocycles. The summed E-state index contributed by atoms with van der Waals surface area (Å²) in [5, 5.41) is 0. The highest BCUT2D eigenvalue weighted by Gasteiger charge is 2.33. The van der Waals surface area contributed by atoms with Gasteiger partial charge in [0.2, 0.25) is 0 Å². The second kappa shape index (κ2) is 5.50. The van der Waals surface area contributed by atoms with Gasteiger partial charge in [0.05, 0.1) is 0 Å². The van der Waals surface area contributed by atoms with E-state index >= 15 is 0 Å². The van der Waals surface area contributed by atoms with Gasteiger partial charge in [-0.15, -0.1) is 0 Å². The number of rotatable bonds is 2. The van der Waals surface area contributed by atoms with Gasteiger partial charge in [0, 0.05) is 11.6 Å². The highest BCUT2D eigenvalue weighted by atomic mass is 15.1. The fraction of sp³-hybridized carbons (Fsp3) is 0.667. The van der Waals surface area contributed by atoms with E-state index in [1.54, 1.807) is 0 Å². The van der Waals surface area contributed by atoms with E-state index in [2.05, 4.69) is 64.0 Å². The molecule has 0 spiro atoms. The first kappa shape index (κ1) is 15.5. The summed E-state index contributed by atoms with van der Waals surface area (Å²) in [6, 6.07) is 9.69. The van der Waals surface area contributed by atoms with Gasteiger partial charge in [0.25, 0.3) is 0 Å². The third-order valence-corrected chi connectivity index (χ3v) is 4.90. The second-order valence-corrected chi connectivity index (χ2v) is 7.68. The summed E-state index contributed by atoms with van der Waals surface area (Å²) in [5.41, 5.74) is 9.46. The van der Waals surface area contributed by atoms with E-state index in [1.807, 2.05) is 0 Å². The molecule has 1 aliphatic rings. The Morgan fingerprint density at radius 1 is 1.05 bits per heavy atom. The predicted molar refractivity (Wildman–Crippen MR) is 87.0 cm³/mol. The SMILES string of the molecule is CN(C)C1CCC(N)(c2ccc(C(C)(C)C)cc2)CC1.